The zero-order valence-electron chi connectivity index (χ0n) is 17.1. The van der Waals surface area contributed by atoms with Crippen LogP contribution in [0, 0.1) is 5.92 Å². The van der Waals surface area contributed by atoms with E-state index in [0.717, 1.165) is 18.0 Å². The van der Waals surface area contributed by atoms with E-state index in [1.54, 1.807) is 0 Å². The topological polar surface area (TPSA) is 25.0 Å². The average Bonchev–Trinajstić information content (AvgIpc) is 2.63. The molecular weight excluding hydrogens is 310 g/mol. The predicted molar refractivity (Wildman–Crippen MR) is 106 cm³/mol. The summed E-state index contributed by atoms with van der Waals surface area (Å²) >= 11 is 0. The van der Waals surface area contributed by atoms with Gasteiger partial charge in [-0.05, 0) is 98.9 Å². The van der Waals surface area contributed by atoms with E-state index in [0.29, 0.717) is 6.04 Å². The Labute approximate surface area is 155 Å². The van der Waals surface area contributed by atoms with Crippen LogP contribution in [-0.2, 0) is 0 Å². The van der Waals surface area contributed by atoms with Crippen molar-refractivity contribution in [1.29, 1.82) is 0 Å². The van der Waals surface area contributed by atoms with Crippen molar-refractivity contribution in [2.45, 2.75) is 50.2 Å². The van der Waals surface area contributed by atoms with Crippen LogP contribution in [0.1, 0.15) is 32.1 Å². The minimum atomic E-state index is 0.705. The van der Waals surface area contributed by atoms with Gasteiger partial charge in [0.15, 0.2) is 0 Å². The van der Waals surface area contributed by atoms with Gasteiger partial charge in [0.2, 0.25) is 0 Å². The molecule has 0 radical (unpaired) electrons. The lowest BCUT2D eigenvalue weighted by molar-refractivity contribution is 0.0408. The van der Waals surface area contributed by atoms with Crippen LogP contribution in [-0.4, -0.2) is 112 Å². The van der Waals surface area contributed by atoms with Crippen molar-refractivity contribution in [3.63, 3.8) is 0 Å². The minimum Gasteiger partial charge on any atom is -0.315 e. The number of piperidine rings is 3. The fraction of sp³-hybridized carbons (Fsp3) is 1.00. The largest absolute Gasteiger partial charge is 0.315 e. The first-order valence-corrected chi connectivity index (χ1v) is 10.5. The van der Waals surface area contributed by atoms with E-state index < -0.39 is 0 Å². The van der Waals surface area contributed by atoms with Crippen LogP contribution in [0.3, 0.4) is 0 Å². The first-order valence-electron chi connectivity index (χ1n) is 10.5. The second kappa shape index (κ2) is 9.14. The third kappa shape index (κ3) is 5.16. The van der Waals surface area contributed by atoms with Crippen molar-refractivity contribution in [3.05, 3.63) is 0 Å². The number of likely N-dealkylation sites (tertiary alicyclic amines) is 2. The fourth-order valence-corrected chi connectivity index (χ4v) is 5.21. The van der Waals surface area contributed by atoms with Gasteiger partial charge in [-0.2, -0.15) is 0 Å². The zero-order valence-corrected chi connectivity index (χ0v) is 17.1. The first-order chi connectivity index (χ1) is 12.0. The highest BCUT2D eigenvalue weighted by Crippen LogP contribution is 2.25. The van der Waals surface area contributed by atoms with E-state index in [-0.39, 0.29) is 0 Å². The Hall–Kier alpha value is -0.200. The Balaban J connectivity index is 1.55. The molecule has 3 rings (SSSR count). The van der Waals surface area contributed by atoms with Crippen LogP contribution in [0.4, 0.5) is 0 Å². The van der Waals surface area contributed by atoms with E-state index in [1.165, 1.54) is 77.9 Å². The van der Waals surface area contributed by atoms with Gasteiger partial charge in [0, 0.05) is 31.2 Å². The highest BCUT2D eigenvalue weighted by Gasteiger charge is 2.34. The summed E-state index contributed by atoms with van der Waals surface area (Å²) in [5.41, 5.74) is 0. The van der Waals surface area contributed by atoms with E-state index in [9.17, 15) is 0 Å². The van der Waals surface area contributed by atoms with Gasteiger partial charge in [-0.3, -0.25) is 4.90 Å². The SMILES string of the molecule is CN1CCC(N(C)CC2CCNCC2N(C)C2CCN(C)CC2)CC1. The maximum absolute atomic E-state index is 3.67. The number of rotatable bonds is 5. The lowest BCUT2D eigenvalue weighted by Crippen LogP contribution is -2.57. The smallest absolute Gasteiger partial charge is 0.0261 e. The molecule has 0 bridgehead atoms. The highest BCUT2D eigenvalue weighted by molar-refractivity contribution is 4.91. The third-order valence-electron chi connectivity index (χ3n) is 7.21. The van der Waals surface area contributed by atoms with Gasteiger partial charge in [0.25, 0.3) is 0 Å². The maximum Gasteiger partial charge on any atom is 0.0261 e. The summed E-state index contributed by atoms with van der Waals surface area (Å²) in [5.74, 6) is 0.815. The van der Waals surface area contributed by atoms with Gasteiger partial charge >= 0.3 is 0 Å². The number of nitrogens with one attached hydrogen (secondary N) is 1. The Morgan fingerprint density at radius 2 is 1.40 bits per heavy atom. The number of hydrogen-bond donors (Lipinski definition) is 1. The standard InChI is InChI=1S/C20H41N5/c1-22-11-6-18(7-12-22)24(3)16-17-5-10-21-15-20(17)25(4)19-8-13-23(2)14-9-19/h17-21H,5-16H2,1-4H3. The van der Waals surface area contributed by atoms with Crippen LogP contribution in [0.25, 0.3) is 0 Å². The molecule has 5 heteroatoms. The van der Waals surface area contributed by atoms with Gasteiger partial charge in [-0.1, -0.05) is 0 Å². The molecule has 3 heterocycles. The van der Waals surface area contributed by atoms with Crippen molar-refractivity contribution < 1.29 is 0 Å². The molecule has 2 atom stereocenters. The number of hydrogen-bond acceptors (Lipinski definition) is 5. The van der Waals surface area contributed by atoms with E-state index in [4.69, 9.17) is 0 Å². The summed E-state index contributed by atoms with van der Waals surface area (Å²) < 4.78 is 0. The summed E-state index contributed by atoms with van der Waals surface area (Å²) in [4.78, 5) is 10.4. The molecule has 0 aromatic carbocycles. The first kappa shape index (κ1) is 19.6. The molecule has 0 aromatic heterocycles. The summed E-state index contributed by atoms with van der Waals surface area (Å²) in [6.07, 6.45) is 6.68. The summed E-state index contributed by atoms with van der Waals surface area (Å²) in [5, 5.41) is 3.67. The van der Waals surface area contributed by atoms with Gasteiger partial charge in [0.05, 0.1) is 0 Å². The molecule has 5 nitrogen and oxygen atoms in total. The molecule has 0 amide bonds. The van der Waals surface area contributed by atoms with Crippen LogP contribution in [0.15, 0.2) is 0 Å². The molecule has 0 spiro atoms. The van der Waals surface area contributed by atoms with Crippen LogP contribution in [0.5, 0.6) is 0 Å². The summed E-state index contributed by atoms with van der Waals surface area (Å²) in [6, 6.07) is 2.27. The Morgan fingerprint density at radius 3 is 2.00 bits per heavy atom. The molecule has 146 valence electrons. The lowest BCUT2D eigenvalue weighted by atomic mass is 9.88. The number of likely N-dealkylation sites (N-methyl/N-ethyl adjacent to an activating group) is 1. The molecule has 0 saturated carbocycles. The minimum absolute atomic E-state index is 0.705. The second-order valence-corrected chi connectivity index (χ2v) is 8.99. The molecule has 25 heavy (non-hydrogen) atoms. The highest BCUT2D eigenvalue weighted by atomic mass is 15.2. The molecular formula is C20H41N5. The fourth-order valence-electron chi connectivity index (χ4n) is 5.21. The van der Waals surface area contributed by atoms with Gasteiger partial charge in [0.1, 0.15) is 0 Å². The maximum atomic E-state index is 3.67. The molecule has 3 aliphatic rings. The summed E-state index contributed by atoms with van der Waals surface area (Å²) in [7, 11) is 9.30. The quantitative estimate of drug-likeness (QED) is 0.797. The van der Waals surface area contributed by atoms with Crippen molar-refractivity contribution >= 4 is 0 Å². The van der Waals surface area contributed by atoms with Gasteiger partial charge in [-0.15, -0.1) is 0 Å². The number of nitrogens with zero attached hydrogens (tertiary/aromatic N) is 4. The van der Waals surface area contributed by atoms with E-state index >= 15 is 0 Å². The molecule has 1 N–H and O–H groups in total. The van der Waals surface area contributed by atoms with Crippen LogP contribution in [0.2, 0.25) is 0 Å². The Bertz CT molecular complexity index is 388. The van der Waals surface area contributed by atoms with Crippen molar-refractivity contribution in [2.24, 2.45) is 5.92 Å². The molecule has 0 aliphatic carbocycles. The van der Waals surface area contributed by atoms with Crippen LogP contribution >= 0.6 is 0 Å². The molecule has 2 unspecified atom stereocenters. The van der Waals surface area contributed by atoms with Crippen molar-refractivity contribution in [3.8, 4) is 0 Å². The van der Waals surface area contributed by atoms with E-state index in [2.05, 4.69) is 53.1 Å². The van der Waals surface area contributed by atoms with Crippen LogP contribution < -0.4 is 5.32 Å². The third-order valence-corrected chi connectivity index (χ3v) is 7.21. The average molecular weight is 352 g/mol. The normalized spacial score (nSPS) is 31.9. The monoisotopic (exact) mass is 351 g/mol. The summed E-state index contributed by atoms with van der Waals surface area (Å²) in [6.45, 7) is 8.70. The lowest BCUT2D eigenvalue weighted by Gasteiger charge is -2.46. The van der Waals surface area contributed by atoms with Crippen molar-refractivity contribution in [2.75, 3.05) is 74.0 Å². The second-order valence-electron chi connectivity index (χ2n) is 8.99. The molecule has 3 saturated heterocycles. The van der Waals surface area contributed by atoms with Gasteiger partial charge < -0.3 is 20.0 Å². The molecule has 3 aliphatic heterocycles. The van der Waals surface area contributed by atoms with Gasteiger partial charge in [-0.25, -0.2) is 0 Å². The molecule has 3 fully saturated rings. The predicted octanol–water partition coefficient (Wildman–Crippen LogP) is 1.02. The van der Waals surface area contributed by atoms with Crippen molar-refractivity contribution in [1.82, 2.24) is 24.9 Å². The zero-order chi connectivity index (χ0) is 17.8. The molecule has 0 aromatic rings. The Kier molecular flexibility index (Phi) is 7.15. The van der Waals surface area contributed by atoms with E-state index in [1.807, 2.05) is 0 Å². The Morgan fingerprint density at radius 1 is 0.840 bits per heavy atom.